The lowest BCUT2D eigenvalue weighted by Gasteiger charge is -2.44. The molecule has 1 aliphatic carbocycles. The van der Waals surface area contributed by atoms with Gasteiger partial charge in [-0.25, -0.2) is 4.98 Å². The smallest absolute Gasteiger partial charge is 0.449 e. The highest BCUT2D eigenvalue weighted by atomic mass is 19.4. The highest BCUT2D eigenvalue weighted by Crippen LogP contribution is 2.38. The fourth-order valence-corrected chi connectivity index (χ4v) is 5.95. The number of carbonyl (C=O) groups excluding carboxylic acids is 3. The van der Waals surface area contributed by atoms with Crippen LogP contribution in [0.2, 0.25) is 0 Å². The molecule has 0 saturated carbocycles. The molecular formula is C30H34F3N5O4. The van der Waals surface area contributed by atoms with Gasteiger partial charge in [-0.3, -0.25) is 14.4 Å². The van der Waals surface area contributed by atoms with E-state index < -0.39 is 47.8 Å². The molecule has 42 heavy (non-hydrogen) atoms. The number of hydrogen-bond acceptors (Lipinski definition) is 5. The van der Waals surface area contributed by atoms with Gasteiger partial charge in [0.25, 0.3) is 5.91 Å². The highest BCUT2D eigenvalue weighted by Gasteiger charge is 2.51. The molecule has 224 valence electrons. The zero-order chi connectivity index (χ0) is 30.3. The normalized spacial score (nSPS) is 20.1. The molecule has 5 rings (SSSR count). The number of nitrogens with zero attached hydrogens (tertiary/aromatic N) is 4. The zero-order valence-electron chi connectivity index (χ0n) is 23.9. The van der Waals surface area contributed by atoms with Gasteiger partial charge in [0.2, 0.25) is 17.6 Å². The van der Waals surface area contributed by atoms with E-state index in [1.54, 1.807) is 24.0 Å². The van der Waals surface area contributed by atoms with E-state index in [1.165, 1.54) is 16.8 Å². The van der Waals surface area contributed by atoms with Crippen LogP contribution in [0.3, 0.4) is 0 Å². The highest BCUT2D eigenvalue weighted by molar-refractivity contribution is 6.00. The van der Waals surface area contributed by atoms with Crippen molar-refractivity contribution in [3.8, 4) is 0 Å². The summed E-state index contributed by atoms with van der Waals surface area (Å²) in [6.07, 6.45) is -0.236. The number of imidazole rings is 1. The third-order valence-corrected chi connectivity index (χ3v) is 8.07. The predicted molar refractivity (Wildman–Crippen MR) is 145 cm³/mol. The maximum absolute atomic E-state index is 14.4. The van der Waals surface area contributed by atoms with Gasteiger partial charge >= 0.3 is 6.18 Å². The summed E-state index contributed by atoms with van der Waals surface area (Å²) >= 11 is 0. The Balaban J connectivity index is 1.56. The molecule has 1 saturated heterocycles. The Bertz CT molecular complexity index is 1450. The molecule has 0 radical (unpaired) electrons. The van der Waals surface area contributed by atoms with Crippen molar-refractivity contribution in [1.29, 1.82) is 0 Å². The molecule has 2 aliphatic rings. The lowest BCUT2D eigenvalue weighted by molar-refractivity contribution is -0.162. The van der Waals surface area contributed by atoms with Crippen molar-refractivity contribution in [2.24, 2.45) is 18.9 Å². The predicted octanol–water partition coefficient (Wildman–Crippen LogP) is 3.89. The Morgan fingerprint density at radius 2 is 1.81 bits per heavy atom. The van der Waals surface area contributed by atoms with Gasteiger partial charge in [0.1, 0.15) is 23.7 Å². The number of nitrogens with one attached hydrogen (secondary N) is 1. The molecule has 2 aromatic heterocycles. The fourth-order valence-electron chi connectivity index (χ4n) is 5.95. The summed E-state index contributed by atoms with van der Waals surface area (Å²) in [5.41, 5.74) is 2.15. The topological polar surface area (TPSA) is 101 Å². The number of benzene rings is 1. The molecule has 3 heterocycles. The Kier molecular flexibility index (Phi) is 7.91. The molecular weight excluding hydrogens is 551 g/mol. The summed E-state index contributed by atoms with van der Waals surface area (Å²) in [4.78, 5) is 48.9. The van der Waals surface area contributed by atoms with Gasteiger partial charge < -0.3 is 24.1 Å². The molecule has 1 N–H and O–H groups in total. The minimum Gasteiger partial charge on any atom is -0.454 e. The molecule has 1 aliphatic heterocycles. The standard InChI is InChI=1S/C30H34F3N5O4/c1-17(2)13-21-27(39)35-25(20-14-18-7-5-6-8-19(18)15-20)28(40)38(21)26(22-9-10-23(42-22)30(31,32)33)29(41)37(4)16-24-34-11-12-36(24)3/h5-12,17,20-21,25-26H,13-16H2,1-4H3,(H,35,39)/t21-,25?,26-/m1/s1. The lowest BCUT2D eigenvalue weighted by atomic mass is 9.88. The van der Waals surface area contributed by atoms with Crippen LogP contribution in [0.25, 0.3) is 0 Å². The van der Waals surface area contributed by atoms with Crippen molar-refractivity contribution < 1.29 is 32.0 Å². The minimum absolute atomic E-state index is 0.0239. The van der Waals surface area contributed by atoms with E-state index in [2.05, 4.69) is 10.3 Å². The average molecular weight is 586 g/mol. The summed E-state index contributed by atoms with van der Waals surface area (Å²) in [6, 6.07) is 5.93. The Labute approximate surface area is 241 Å². The molecule has 0 spiro atoms. The van der Waals surface area contributed by atoms with Gasteiger partial charge in [-0.1, -0.05) is 38.1 Å². The van der Waals surface area contributed by atoms with E-state index in [0.29, 0.717) is 18.7 Å². The summed E-state index contributed by atoms with van der Waals surface area (Å²) in [7, 11) is 3.23. The van der Waals surface area contributed by atoms with Crippen LogP contribution in [0.1, 0.15) is 54.8 Å². The molecule has 1 aromatic carbocycles. The van der Waals surface area contributed by atoms with Crippen molar-refractivity contribution in [2.75, 3.05) is 7.05 Å². The van der Waals surface area contributed by atoms with Crippen LogP contribution in [0, 0.1) is 11.8 Å². The van der Waals surface area contributed by atoms with Crippen molar-refractivity contribution in [1.82, 2.24) is 24.7 Å². The van der Waals surface area contributed by atoms with Crippen LogP contribution in [0.15, 0.2) is 53.2 Å². The summed E-state index contributed by atoms with van der Waals surface area (Å²) < 4.78 is 47.7. The number of aromatic nitrogens is 2. The molecule has 9 nitrogen and oxygen atoms in total. The first-order valence-electron chi connectivity index (χ1n) is 13.9. The van der Waals surface area contributed by atoms with Crippen LogP contribution in [-0.4, -0.2) is 56.2 Å². The number of amides is 3. The van der Waals surface area contributed by atoms with Crippen LogP contribution in [0.5, 0.6) is 0 Å². The van der Waals surface area contributed by atoms with Crippen molar-refractivity contribution in [3.05, 3.63) is 77.3 Å². The third-order valence-electron chi connectivity index (χ3n) is 8.07. The zero-order valence-corrected chi connectivity index (χ0v) is 23.9. The second kappa shape index (κ2) is 11.3. The lowest BCUT2D eigenvalue weighted by Crippen LogP contribution is -2.67. The average Bonchev–Trinajstić information content (AvgIpc) is 3.67. The largest absolute Gasteiger partial charge is 0.454 e. The van der Waals surface area contributed by atoms with E-state index in [9.17, 15) is 27.6 Å². The Morgan fingerprint density at radius 3 is 2.36 bits per heavy atom. The fraction of sp³-hybridized carbons (Fsp3) is 0.467. The molecule has 12 heteroatoms. The molecule has 3 aromatic rings. The van der Waals surface area contributed by atoms with Crippen LogP contribution < -0.4 is 5.32 Å². The molecule has 3 atom stereocenters. The van der Waals surface area contributed by atoms with Gasteiger partial charge in [0.05, 0.1) is 6.54 Å². The number of halogens is 3. The van der Waals surface area contributed by atoms with E-state index in [0.717, 1.165) is 23.3 Å². The van der Waals surface area contributed by atoms with E-state index in [-0.39, 0.29) is 30.6 Å². The van der Waals surface area contributed by atoms with Gasteiger partial charge in [-0.05, 0) is 54.4 Å². The number of aryl methyl sites for hydroxylation is 1. The van der Waals surface area contributed by atoms with E-state index in [1.807, 2.05) is 38.1 Å². The summed E-state index contributed by atoms with van der Waals surface area (Å²) in [6.45, 7) is 3.76. The van der Waals surface area contributed by atoms with Crippen LogP contribution in [-0.2, 0) is 47.0 Å². The number of furan rings is 1. The third kappa shape index (κ3) is 5.66. The maximum atomic E-state index is 14.4. The van der Waals surface area contributed by atoms with Gasteiger partial charge in [0.15, 0.2) is 6.04 Å². The van der Waals surface area contributed by atoms with Crippen molar-refractivity contribution in [2.45, 2.75) is 64.0 Å². The van der Waals surface area contributed by atoms with Gasteiger partial charge in [-0.15, -0.1) is 0 Å². The summed E-state index contributed by atoms with van der Waals surface area (Å²) in [5, 5.41) is 2.90. The van der Waals surface area contributed by atoms with E-state index in [4.69, 9.17) is 4.42 Å². The first kappa shape index (κ1) is 29.4. The number of carbonyl (C=O) groups is 3. The number of rotatable bonds is 8. The molecule has 3 amide bonds. The second-order valence-corrected chi connectivity index (χ2v) is 11.6. The number of fused-ring (bicyclic) bond motifs is 1. The van der Waals surface area contributed by atoms with Crippen LogP contribution in [0.4, 0.5) is 13.2 Å². The maximum Gasteiger partial charge on any atom is 0.449 e. The molecule has 1 unspecified atom stereocenters. The Hall–Kier alpha value is -4.09. The number of hydrogen-bond donors (Lipinski definition) is 1. The number of alkyl halides is 3. The first-order valence-corrected chi connectivity index (χ1v) is 13.9. The first-order chi connectivity index (χ1) is 19.8. The Morgan fingerprint density at radius 1 is 1.14 bits per heavy atom. The SMILES string of the molecule is CC(C)C[C@@H]1C(=O)NC(C2Cc3ccccc3C2)C(=O)N1[C@@H](C(=O)N(C)Cc1nccn1C)c1ccc(C(F)(F)F)o1. The number of piperazine rings is 1. The second-order valence-electron chi connectivity index (χ2n) is 11.6. The van der Waals surface area contributed by atoms with Crippen molar-refractivity contribution >= 4 is 17.7 Å². The quantitative estimate of drug-likeness (QED) is 0.433. The molecule has 1 fully saturated rings. The van der Waals surface area contributed by atoms with Gasteiger partial charge in [0, 0.05) is 26.5 Å². The van der Waals surface area contributed by atoms with Crippen LogP contribution >= 0.6 is 0 Å². The van der Waals surface area contributed by atoms with E-state index >= 15 is 0 Å². The van der Waals surface area contributed by atoms with Gasteiger partial charge in [-0.2, -0.15) is 13.2 Å². The summed E-state index contributed by atoms with van der Waals surface area (Å²) in [5.74, 6) is -3.11. The number of likely N-dealkylation sites (N-methyl/N-ethyl adjacent to an activating group) is 1. The minimum atomic E-state index is -4.80. The monoisotopic (exact) mass is 585 g/mol. The molecule has 0 bridgehead atoms. The van der Waals surface area contributed by atoms with Crippen molar-refractivity contribution in [3.63, 3.8) is 0 Å².